The van der Waals surface area contributed by atoms with E-state index in [1.54, 1.807) is 0 Å². The monoisotopic (exact) mass is 237 g/mol. The van der Waals surface area contributed by atoms with Gasteiger partial charge in [-0.05, 0) is 38.6 Å². The minimum atomic E-state index is 0.392. The van der Waals surface area contributed by atoms with Crippen molar-refractivity contribution in [2.45, 2.75) is 26.3 Å². The van der Waals surface area contributed by atoms with E-state index in [2.05, 4.69) is 40.7 Å². The van der Waals surface area contributed by atoms with Crippen molar-refractivity contribution < 1.29 is 0 Å². The summed E-state index contributed by atoms with van der Waals surface area (Å²) in [6.07, 6.45) is 2.90. The van der Waals surface area contributed by atoms with Crippen molar-refractivity contribution in [3.63, 3.8) is 0 Å². The number of pyridine rings is 1. The Labute approximate surface area is 100 Å². The van der Waals surface area contributed by atoms with E-state index in [4.69, 9.17) is 11.6 Å². The van der Waals surface area contributed by atoms with Crippen LogP contribution in [0.4, 0.5) is 0 Å². The molecule has 1 unspecified atom stereocenters. The molecule has 0 bridgehead atoms. The van der Waals surface area contributed by atoms with E-state index in [0.717, 1.165) is 17.8 Å². The maximum Gasteiger partial charge on any atom is 0.155 e. The molecular formula is C12H16ClN3. The summed E-state index contributed by atoms with van der Waals surface area (Å²) >= 11 is 6.12. The summed E-state index contributed by atoms with van der Waals surface area (Å²) in [7, 11) is 1.95. The van der Waals surface area contributed by atoms with Crippen molar-refractivity contribution in [1.82, 2.24) is 14.7 Å². The minimum Gasteiger partial charge on any atom is -0.317 e. The molecule has 4 heteroatoms. The first kappa shape index (κ1) is 11.4. The zero-order valence-electron chi connectivity index (χ0n) is 9.79. The molecule has 0 spiro atoms. The summed E-state index contributed by atoms with van der Waals surface area (Å²) < 4.78 is 2.06. The molecule has 0 aromatic carbocycles. The van der Waals surface area contributed by atoms with Crippen LogP contribution in [0, 0.1) is 6.92 Å². The van der Waals surface area contributed by atoms with Crippen LogP contribution in [0.2, 0.25) is 5.15 Å². The average Bonchev–Trinajstić information content (AvgIpc) is 2.55. The Morgan fingerprint density at radius 2 is 2.31 bits per heavy atom. The number of likely N-dealkylation sites (N-methyl/N-ethyl adjacent to an activating group) is 1. The molecule has 0 aliphatic heterocycles. The Balaban J connectivity index is 2.47. The van der Waals surface area contributed by atoms with E-state index in [1.807, 2.05) is 13.2 Å². The van der Waals surface area contributed by atoms with Crippen molar-refractivity contribution in [2.75, 3.05) is 7.05 Å². The van der Waals surface area contributed by atoms with E-state index in [-0.39, 0.29) is 0 Å². The van der Waals surface area contributed by atoms with Crippen molar-refractivity contribution in [1.29, 1.82) is 0 Å². The van der Waals surface area contributed by atoms with Crippen LogP contribution < -0.4 is 5.32 Å². The SMILES string of the molecule is CNC(C)Cc1nc(Cl)c2cc(C)ccn12. The van der Waals surface area contributed by atoms with Gasteiger partial charge in [0.25, 0.3) is 0 Å². The van der Waals surface area contributed by atoms with Crippen LogP contribution >= 0.6 is 11.6 Å². The minimum absolute atomic E-state index is 0.392. The first-order valence-corrected chi connectivity index (χ1v) is 5.80. The summed E-state index contributed by atoms with van der Waals surface area (Å²) in [4.78, 5) is 4.41. The van der Waals surface area contributed by atoms with Gasteiger partial charge in [-0.3, -0.25) is 0 Å². The molecule has 1 atom stereocenters. The van der Waals surface area contributed by atoms with Gasteiger partial charge in [-0.15, -0.1) is 0 Å². The van der Waals surface area contributed by atoms with E-state index < -0.39 is 0 Å². The Kier molecular flexibility index (Phi) is 3.17. The van der Waals surface area contributed by atoms with Gasteiger partial charge >= 0.3 is 0 Å². The predicted octanol–water partition coefficient (Wildman–Crippen LogP) is 2.45. The lowest BCUT2D eigenvalue weighted by molar-refractivity contribution is 0.590. The number of imidazole rings is 1. The highest BCUT2D eigenvalue weighted by atomic mass is 35.5. The normalized spacial score (nSPS) is 13.2. The number of halogens is 1. The lowest BCUT2D eigenvalue weighted by Gasteiger charge is -2.08. The van der Waals surface area contributed by atoms with Crippen molar-refractivity contribution in [3.05, 3.63) is 34.9 Å². The molecule has 2 rings (SSSR count). The van der Waals surface area contributed by atoms with Crippen molar-refractivity contribution >= 4 is 17.1 Å². The summed E-state index contributed by atoms with van der Waals surface area (Å²) in [5, 5.41) is 3.79. The predicted molar refractivity (Wildman–Crippen MR) is 67.2 cm³/mol. The third kappa shape index (κ3) is 2.06. The van der Waals surface area contributed by atoms with Gasteiger partial charge in [0.2, 0.25) is 0 Å². The molecule has 0 aliphatic rings. The van der Waals surface area contributed by atoms with Crippen LogP contribution in [0.1, 0.15) is 18.3 Å². The van der Waals surface area contributed by atoms with E-state index in [9.17, 15) is 0 Å². The van der Waals surface area contributed by atoms with Crippen LogP contribution in [-0.4, -0.2) is 22.5 Å². The highest BCUT2D eigenvalue weighted by Crippen LogP contribution is 2.20. The number of nitrogens with one attached hydrogen (secondary N) is 1. The number of nitrogens with zero attached hydrogens (tertiary/aromatic N) is 2. The fraction of sp³-hybridized carbons (Fsp3) is 0.417. The number of hydrogen-bond donors (Lipinski definition) is 1. The standard InChI is InChI=1S/C12H16ClN3/c1-8-4-5-16-10(6-8)12(13)15-11(16)7-9(2)14-3/h4-6,9,14H,7H2,1-3H3. The van der Waals surface area contributed by atoms with Crippen LogP contribution in [0.15, 0.2) is 18.3 Å². The molecule has 0 aliphatic carbocycles. The molecular weight excluding hydrogens is 222 g/mol. The Hall–Kier alpha value is -1.06. The number of aryl methyl sites for hydroxylation is 1. The number of rotatable bonds is 3. The highest BCUT2D eigenvalue weighted by Gasteiger charge is 2.11. The second kappa shape index (κ2) is 4.44. The second-order valence-corrected chi connectivity index (χ2v) is 4.53. The highest BCUT2D eigenvalue weighted by molar-refractivity contribution is 6.32. The van der Waals surface area contributed by atoms with Gasteiger partial charge in [-0.25, -0.2) is 4.98 Å². The van der Waals surface area contributed by atoms with Gasteiger partial charge in [0.05, 0.1) is 5.52 Å². The van der Waals surface area contributed by atoms with E-state index in [0.29, 0.717) is 11.2 Å². The Bertz CT molecular complexity index is 504. The zero-order valence-corrected chi connectivity index (χ0v) is 10.5. The molecule has 16 heavy (non-hydrogen) atoms. The summed E-state index contributed by atoms with van der Waals surface area (Å²) in [5.41, 5.74) is 2.18. The maximum absolute atomic E-state index is 6.12. The number of fused-ring (bicyclic) bond motifs is 1. The third-order valence-electron chi connectivity index (χ3n) is 2.81. The lowest BCUT2D eigenvalue weighted by atomic mass is 10.2. The molecule has 2 aromatic rings. The Morgan fingerprint density at radius 3 is 3.00 bits per heavy atom. The molecule has 0 saturated heterocycles. The first-order chi connectivity index (χ1) is 7.61. The van der Waals surface area contributed by atoms with Crippen LogP contribution in [0.3, 0.4) is 0 Å². The third-order valence-corrected chi connectivity index (χ3v) is 3.09. The van der Waals surface area contributed by atoms with Crippen molar-refractivity contribution in [2.24, 2.45) is 0 Å². The maximum atomic E-state index is 6.12. The summed E-state index contributed by atoms with van der Waals surface area (Å²) in [6.45, 7) is 4.18. The second-order valence-electron chi connectivity index (χ2n) is 4.17. The lowest BCUT2D eigenvalue weighted by Crippen LogP contribution is -2.24. The summed E-state index contributed by atoms with van der Waals surface area (Å²) in [6, 6.07) is 4.52. The molecule has 0 amide bonds. The van der Waals surface area contributed by atoms with Gasteiger partial charge in [0.15, 0.2) is 5.15 Å². The van der Waals surface area contributed by atoms with Crippen molar-refractivity contribution in [3.8, 4) is 0 Å². The topological polar surface area (TPSA) is 29.3 Å². The molecule has 0 fully saturated rings. The smallest absolute Gasteiger partial charge is 0.155 e. The first-order valence-electron chi connectivity index (χ1n) is 5.42. The molecule has 0 radical (unpaired) electrons. The zero-order chi connectivity index (χ0) is 11.7. The Morgan fingerprint density at radius 1 is 1.56 bits per heavy atom. The fourth-order valence-corrected chi connectivity index (χ4v) is 1.98. The quantitative estimate of drug-likeness (QED) is 0.889. The van der Waals surface area contributed by atoms with Gasteiger partial charge < -0.3 is 9.72 Å². The number of hydrogen-bond acceptors (Lipinski definition) is 2. The molecule has 2 heterocycles. The van der Waals surface area contributed by atoms with E-state index in [1.165, 1.54) is 5.56 Å². The molecule has 0 saturated carbocycles. The fourth-order valence-electron chi connectivity index (χ4n) is 1.73. The average molecular weight is 238 g/mol. The molecule has 3 nitrogen and oxygen atoms in total. The van der Waals surface area contributed by atoms with Crippen LogP contribution in [0.5, 0.6) is 0 Å². The van der Waals surface area contributed by atoms with Crippen LogP contribution in [-0.2, 0) is 6.42 Å². The van der Waals surface area contributed by atoms with Gasteiger partial charge in [0.1, 0.15) is 5.82 Å². The largest absolute Gasteiger partial charge is 0.317 e. The molecule has 86 valence electrons. The summed E-state index contributed by atoms with van der Waals surface area (Å²) in [5.74, 6) is 1.00. The molecule has 2 aromatic heterocycles. The van der Waals surface area contributed by atoms with Gasteiger partial charge in [-0.1, -0.05) is 11.6 Å². The number of aromatic nitrogens is 2. The van der Waals surface area contributed by atoms with Gasteiger partial charge in [0, 0.05) is 18.7 Å². The van der Waals surface area contributed by atoms with Crippen LogP contribution in [0.25, 0.3) is 5.52 Å². The molecule has 1 N–H and O–H groups in total. The van der Waals surface area contributed by atoms with E-state index >= 15 is 0 Å². The van der Waals surface area contributed by atoms with Gasteiger partial charge in [-0.2, -0.15) is 0 Å².